The minimum Gasteiger partial charge on any atom is -0.324 e. The van der Waals surface area contributed by atoms with Crippen molar-refractivity contribution in [2.45, 2.75) is 11.7 Å². The van der Waals surface area contributed by atoms with Crippen LogP contribution in [0.25, 0.3) is 33.5 Å². The van der Waals surface area contributed by atoms with Gasteiger partial charge in [-0.2, -0.15) is 0 Å². The Hall–Kier alpha value is -3.36. The maximum atomic E-state index is 12.7. The number of aromatic nitrogens is 4. The Morgan fingerprint density at radius 1 is 0.947 bits per heavy atom. The van der Waals surface area contributed by atoms with Crippen molar-refractivity contribution in [1.82, 2.24) is 19.7 Å². The van der Waals surface area contributed by atoms with E-state index in [0.717, 1.165) is 27.7 Å². The lowest BCUT2D eigenvalue weighted by Crippen LogP contribution is -2.15. The number of anilines is 1. The molecule has 3 aromatic carbocycles. The summed E-state index contributed by atoms with van der Waals surface area (Å²) in [5, 5.41) is 14.1. The number of nitrogens with zero attached hydrogens (tertiary/aromatic N) is 4. The second-order valence-corrected chi connectivity index (χ2v) is 10.4. The number of benzene rings is 3. The largest absolute Gasteiger partial charge is 0.324 e. The molecule has 0 bridgehead atoms. The van der Waals surface area contributed by atoms with E-state index in [-0.39, 0.29) is 11.7 Å². The van der Waals surface area contributed by atoms with E-state index in [2.05, 4.69) is 22.1 Å². The molecule has 38 heavy (non-hydrogen) atoms. The van der Waals surface area contributed by atoms with Gasteiger partial charge in [0.25, 0.3) is 0 Å². The summed E-state index contributed by atoms with van der Waals surface area (Å²) in [7, 11) is 0. The van der Waals surface area contributed by atoms with E-state index in [1.807, 2.05) is 65.2 Å². The maximum absolute atomic E-state index is 12.7. The molecule has 0 aliphatic heterocycles. The number of carbonyl (C=O) groups excluding carboxylic acids is 1. The molecule has 5 rings (SSSR count). The van der Waals surface area contributed by atoms with Gasteiger partial charge in [-0.15, -0.1) is 16.8 Å². The van der Waals surface area contributed by atoms with Crippen molar-refractivity contribution >= 4 is 69.1 Å². The minimum atomic E-state index is -0.272. The number of fused-ring (bicyclic) bond motifs is 1. The predicted molar refractivity (Wildman–Crippen MR) is 157 cm³/mol. The van der Waals surface area contributed by atoms with Crippen LogP contribution in [0.2, 0.25) is 15.1 Å². The number of hydrogen-bond acceptors (Lipinski definition) is 5. The topological polar surface area (TPSA) is 72.7 Å². The zero-order valence-electron chi connectivity index (χ0n) is 19.9. The third-order valence-corrected chi connectivity index (χ3v) is 7.67. The Bertz CT molecular complexity index is 1660. The zero-order chi connectivity index (χ0) is 26.6. The van der Waals surface area contributed by atoms with Gasteiger partial charge in [-0.3, -0.25) is 9.36 Å². The summed E-state index contributed by atoms with van der Waals surface area (Å²) in [5.41, 5.74) is 3.96. The number of pyridine rings is 1. The highest BCUT2D eigenvalue weighted by atomic mass is 35.5. The average Bonchev–Trinajstić information content (AvgIpc) is 3.33. The lowest BCUT2D eigenvalue weighted by Gasteiger charge is -2.12. The summed E-state index contributed by atoms with van der Waals surface area (Å²) in [6.45, 7) is 4.36. The van der Waals surface area contributed by atoms with Gasteiger partial charge in [0.05, 0.1) is 37.7 Å². The van der Waals surface area contributed by atoms with Crippen molar-refractivity contribution in [3.63, 3.8) is 0 Å². The Morgan fingerprint density at radius 2 is 1.68 bits per heavy atom. The highest BCUT2D eigenvalue weighted by molar-refractivity contribution is 7.99. The fourth-order valence-corrected chi connectivity index (χ4v) is 5.28. The lowest BCUT2D eigenvalue weighted by molar-refractivity contribution is -0.113. The molecule has 2 aromatic heterocycles. The molecule has 0 atom stereocenters. The summed E-state index contributed by atoms with van der Waals surface area (Å²) in [4.78, 5) is 17.6. The molecule has 0 aliphatic carbocycles. The number of thioether (sulfide) groups is 1. The van der Waals surface area contributed by atoms with E-state index in [9.17, 15) is 4.79 Å². The summed E-state index contributed by atoms with van der Waals surface area (Å²) < 4.78 is 1.94. The number of rotatable bonds is 8. The number of para-hydroxylation sites is 1. The van der Waals surface area contributed by atoms with Gasteiger partial charge in [0.2, 0.25) is 5.91 Å². The fourth-order valence-electron chi connectivity index (χ4n) is 3.94. The molecule has 0 aliphatic rings. The van der Waals surface area contributed by atoms with Gasteiger partial charge >= 0.3 is 0 Å². The molecule has 0 radical (unpaired) electrons. The van der Waals surface area contributed by atoms with Gasteiger partial charge in [-0.25, -0.2) is 4.98 Å². The Kier molecular flexibility index (Phi) is 8.00. The first-order valence-electron chi connectivity index (χ1n) is 11.5. The van der Waals surface area contributed by atoms with Crippen molar-refractivity contribution in [2.75, 3.05) is 11.1 Å². The van der Waals surface area contributed by atoms with Gasteiger partial charge in [0.15, 0.2) is 11.0 Å². The first kappa shape index (κ1) is 26.3. The standard InChI is InChI=1S/C28H20Cl3N5OS/c1-2-12-36-27(19-13-24(17-8-4-3-5-9-17)32-23-11-7-6-10-18(19)23)34-35-28(36)38-16-26(37)33-25-15-21(30)20(29)14-22(25)31/h2-11,13-15H,1,12,16H2,(H,33,37). The first-order valence-corrected chi connectivity index (χ1v) is 13.6. The second kappa shape index (κ2) is 11.6. The van der Waals surface area contributed by atoms with E-state index in [1.165, 1.54) is 23.9 Å². The van der Waals surface area contributed by atoms with Crippen LogP contribution in [-0.4, -0.2) is 31.4 Å². The van der Waals surface area contributed by atoms with E-state index in [4.69, 9.17) is 39.8 Å². The molecular weight excluding hydrogens is 561 g/mol. The van der Waals surface area contributed by atoms with Crippen LogP contribution in [0, 0.1) is 0 Å². The van der Waals surface area contributed by atoms with Crippen molar-refractivity contribution in [2.24, 2.45) is 0 Å². The smallest absolute Gasteiger partial charge is 0.234 e. The zero-order valence-corrected chi connectivity index (χ0v) is 23.0. The van der Waals surface area contributed by atoms with Crippen LogP contribution in [0.15, 0.2) is 90.6 Å². The molecule has 0 unspecified atom stereocenters. The highest BCUT2D eigenvalue weighted by Gasteiger charge is 2.19. The van der Waals surface area contributed by atoms with Crippen LogP contribution in [-0.2, 0) is 11.3 Å². The minimum absolute atomic E-state index is 0.0816. The van der Waals surface area contributed by atoms with Crippen LogP contribution >= 0.6 is 46.6 Å². The molecule has 0 saturated heterocycles. The number of hydrogen-bond donors (Lipinski definition) is 1. The molecule has 1 N–H and O–H groups in total. The third kappa shape index (κ3) is 5.56. The van der Waals surface area contributed by atoms with Crippen LogP contribution in [0.3, 0.4) is 0 Å². The quantitative estimate of drug-likeness (QED) is 0.114. The molecule has 5 aromatic rings. The Balaban J connectivity index is 1.46. The normalized spacial score (nSPS) is 11.0. The fraction of sp³-hybridized carbons (Fsp3) is 0.0714. The SMILES string of the molecule is C=CCn1c(SCC(=O)Nc2cc(Cl)c(Cl)cc2Cl)nnc1-c1cc(-c2ccccc2)nc2ccccc12. The van der Waals surface area contributed by atoms with E-state index in [1.54, 1.807) is 6.08 Å². The molecule has 0 spiro atoms. The van der Waals surface area contributed by atoms with Gasteiger partial charge in [0.1, 0.15) is 0 Å². The summed E-state index contributed by atoms with van der Waals surface area (Å²) >= 11 is 19.5. The molecule has 0 saturated carbocycles. The average molecular weight is 581 g/mol. The monoisotopic (exact) mass is 579 g/mol. The summed E-state index contributed by atoms with van der Waals surface area (Å²) in [5.74, 6) is 0.472. The number of allylic oxidation sites excluding steroid dienone is 1. The van der Waals surface area contributed by atoms with E-state index >= 15 is 0 Å². The Morgan fingerprint density at radius 3 is 2.47 bits per heavy atom. The molecule has 190 valence electrons. The van der Waals surface area contributed by atoms with Gasteiger partial charge in [-0.05, 0) is 24.3 Å². The van der Waals surface area contributed by atoms with Gasteiger partial charge < -0.3 is 5.32 Å². The van der Waals surface area contributed by atoms with Crippen LogP contribution in [0.4, 0.5) is 5.69 Å². The number of amides is 1. The summed E-state index contributed by atoms with van der Waals surface area (Å²) in [6, 6.07) is 22.9. The molecule has 10 heteroatoms. The molecule has 1 amide bonds. The molecule has 6 nitrogen and oxygen atoms in total. The summed E-state index contributed by atoms with van der Waals surface area (Å²) in [6.07, 6.45) is 1.77. The van der Waals surface area contributed by atoms with Crippen molar-refractivity contribution < 1.29 is 4.79 Å². The molecular formula is C28H20Cl3N5OS. The number of carbonyl (C=O) groups is 1. The third-order valence-electron chi connectivity index (χ3n) is 5.67. The number of halogens is 3. The van der Waals surface area contributed by atoms with Crippen LogP contribution < -0.4 is 5.32 Å². The first-order chi connectivity index (χ1) is 18.4. The van der Waals surface area contributed by atoms with Crippen molar-refractivity contribution in [1.29, 1.82) is 0 Å². The van der Waals surface area contributed by atoms with E-state index < -0.39 is 0 Å². The van der Waals surface area contributed by atoms with Crippen LogP contribution in [0.5, 0.6) is 0 Å². The van der Waals surface area contributed by atoms with E-state index in [0.29, 0.717) is 38.3 Å². The maximum Gasteiger partial charge on any atom is 0.234 e. The Labute approximate surface area is 238 Å². The van der Waals surface area contributed by atoms with Gasteiger partial charge in [0, 0.05) is 23.1 Å². The molecule has 2 heterocycles. The number of nitrogens with one attached hydrogen (secondary N) is 1. The molecule has 0 fully saturated rings. The lowest BCUT2D eigenvalue weighted by atomic mass is 10.0. The van der Waals surface area contributed by atoms with Crippen LogP contribution in [0.1, 0.15) is 0 Å². The van der Waals surface area contributed by atoms with Crippen molar-refractivity contribution in [3.8, 4) is 22.6 Å². The second-order valence-electron chi connectivity index (χ2n) is 8.23. The highest BCUT2D eigenvalue weighted by Crippen LogP contribution is 2.34. The predicted octanol–water partition coefficient (Wildman–Crippen LogP) is 8.04. The van der Waals surface area contributed by atoms with Crippen molar-refractivity contribution in [3.05, 3.63) is 101 Å². The van der Waals surface area contributed by atoms with Gasteiger partial charge in [-0.1, -0.05) is 101 Å².